The highest BCUT2D eigenvalue weighted by Gasteiger charge is 2.19. The van der Waals surface area contributed by atoms with Crippen LogP contribution in [-0.2, 0) is 13.6 Å². The molecule has 4 rings (SSSR count). The van der Waals surface area contributed by atoms with E-state index in [-0.39, 0.29) is 5.56 Å². The van der Waals surface area contributed by atoms with Crippen molar-refractivity contribution in [1.82, 2.24) is 24.4 Å². The Kier molecular flexibility index (Phi) is 4.93. The van der Waals surface area contributed by atoms with E-state index in [1.807, 2.05) is 36.7 Å². The fraction of sp³-hybridized carbons (Fsp3) is 0.300. The largest absolute Gasteiger partial charge is 0.338 e. The highest BCUT2D eigenvalue weighted by molar-refractivity contribution is 5.58. The maximum atomic E-state index is 11.8. The van der Waals surface area contributed by atoms with Gasteiger partial charge in [0.25, 0.3) is 5.56 Å². The molecule has 7 heteroatoms. The van der Waals surface area contributed by atoms with Gasteiger partial charge in [-0.05, 0) is 29.8 Å². The van der Waals surface area contributed by atoms with E-state index >= 15 is 0 Å². The summed E-state index contributed by atoms with van der Waals surface area (Å²) in [5.74, 6) is 0.754. The van der Waals surface area contributed by atoms with Gasteiger partial charge < -0.3 is 9.47 Å². The van der Waals surface area contributed by atoms with Crippen LogP contribution in [0.2, 0.25) is 0 Å². The molecule has 3 aromatic heterocycles. The third-order valence-electron chi connectivity index (χ3n) is 4.83. The molecule has 0 spiro atoms. The van der Waals surface area contributed by atoms with Crippen LogP contribution in [0.25, 0.3) is 11.3 Å². The van der Waals surface area contributed by atoms with Gasteiger partial charge in [-0.3, -0.25) is 14.7 Å². The van der Waals surface area contributed by atoms with E-state index in [4.69, 9.17) is 4.98 Å². The first kappa shape index (κ1) is 17.4. The third kappa shape index (κ3) is 4.03. The molecule has 0 saturated carbocycles. The lowest BCUT2D eigenvalue weighted by Gasteiger charge is -2.34. The number of hydrogen-bond acceptors (Lipinski definition) is 6. The van der Waals surface area contributed by atoms with Crippen LogP contribution in [0.15, 0.2) is 59.9 Å². The zero-order valence-corrected chi connectivity index (χ0v) is 15.3. The predicted octanol–water partition coefficient (Wildman–Crippen LogP) is 1.56. The Morgan fingerprint density at radius 3 is 2.67 bits per heavy atom. The minimum atomic E-state index is 0.0340. The van der Waals surface area contributed by atoms with Crippen molar-refractivity contribution in [2.45, 2.75) is 6.54 Å². The summed E-state index contributed by atoms with van der Waals surface area (Å²) in [5.41, 5.74) is 2.97. The number of anilines is 1. The van der Waals surface area contributed by atoms with E-state index < -0.39 is 0 Å². The summed E-state index contributed by atoms with van der Waals surface area (Å²) < 4.78 is 1.59. The number of piperazine rings is 1. The number of nitrogens with zero attached hydrogens (tertiary/aromatic N) is 6. The van der Waals surface area contributed by atoms with Gasteiger partial charge in [0, 0.05) is 76.2 Å². The Hall–Kier alpha value is -3.06. The molecule has 1 aliphatic rings. The van der Waals surface area contributed by atoms with Crippen LogP contribution < -0.4 is 10.5 Å². The number of pyridine rings is 2. The van der Waals surface area contributed by atoms with Crippen molar-refractivity contribution in [3.63, 3.8) is 0 Å². The minimum absolute atomic E-state index is 0.0340. The first-order valence-corrected chi connectivity index (χ1v) is 9.05. The predicted molar refractivity (Wildman–Crippen MR) is 104 cm³/mol. The van der Waals surface area contributed by atoms with Gasteiger partial charge in [-0.2, -0.15) is 0 Å². The standard InChI is InChI=1S/C20H22N6O/c1-24-8-5-16(13-19(24)27)15-25-9-11-26(12-10-25)20-22-7-4-18(23-20)17-3-2-6-21-14-17/h2-8,13-14H,9-12,15H2,1H3. The first-order valence-electron chi connectivity index (χ1n) is 9.05. The molecule has 138 valence electrons. The number of hydrogen-bond donors (Lipinski definition) is 0. The van der Waals surface area contributed by atoms with Gasteiger partial charge in [0.05, 0.1) is 5.69 Å². The molecule has 0 unspecified atom stereocenters. The second-order valence-electron chi connectivity index (χ2n) is 6.73. The van der Waals surface area contributed by atoms with E-state index in [1.165, 1.54) is 0 Å². The zero-order chi connectivity index (χ0) is 18.6. The molecule has 1 saturated heterocycles. The van der Waals surface area contributed by atoms with Gasteiger partial charge in [-0.1, -0.05) is 0 Å². The Labute approximate surface area is 157 Å². The first-order chi connectivity index (χ1) is 13.2. The molecule has 7 nitrogen and oxygen atoms in total. The molecule has 0 radical (unpaired) electrons. The van der Waals surface area contributed by atoms with Crippen LogP contribution >= 0.6 is 0 Å². The molecule has 0 amide bonds. The second-order valence-corrected chi connectivity index (χ2v) is 6.73. The molecule has 0 atom stereocenters. The highest BCUT2D eigenvalue weighted by atomic mass is 16.1. The SMILES string of the molecule is Cn1ccc(CN2CCN(c3nccc(-c4cccnc4)n3)CC2)cc1=O. The van der Waals surface area contributed by atoms with Crippen molar-refractivity contribution in [1.29, 1.82) is 0 Å². The van der Waals surface area contributed by atoms with Crippen molar-refractivity contribution in [3.8, 4) is 11.3 Å². The average molecular weight is 362 g/mol. The Morgan fingerprint density at radius 1 is 1.07 bits per heavy atom. The van der Waals surface area contributed by atoms with Gasteiger partial charge in [0.2, 0.25) is 5.95 Å². The van der Waals surface area contributed by atoms with Crippen LogP contribution in [0.5, 0.6) is 0 Å². The van der Waals surface area contributed by atoms with Gasteiger partial charge in [0.15, 0.2) is 0 Å². The summed E-state index contributed by atoms with van der Waals surface area (Å²) in [6.45, 7) is 4.34. The monoisotopic (exact) mass is 362 g/mol. The minimum Gasteiger partial charge on any atom is -0.338 e. The van der Waals surface area contributed by atoms with Crippen LogP contribution in [0.1, 0.15) is 5.56 Å². The summed E-state index contributed by atoms with van der Waals surface area (Å²) in [4.78, 5) is 29.7. The maximum absolute atomic E-state index is 11.8. The van der Waals surface area contributed by atoms with Gasteiger partial charge in [0.1, 0.15) is 0 Å². The molecule has 0 N–H and O–H groups in total. The molecular weight excluding hydrogens is 340 g/mol. The Morgan fingerprint density at radius 2 is 1.93 bits per heavy atom. The number of rotatable bonds is 4. The van der Waals surface area contributed by atoms with Crippen LogP contribution in [0.3, 0.4) is 0 Å². The number of aryl methyl sites for hydroxylation is 1. The van der Waals surface area contributed by atoms with E-state index in [0.29, 0.717) is 0 Å². The van der Waals surface area contributed by atoms with E-state index in [0.717, 1.165) is 55.5 Å². The summed E-state index contributed by atoms with van der Waals surface area (Å²) in [6.07, 6.45) is 7.20. The topological polar surface area (TPSA) is 67.2 Å². The molecule has 0 aromatic carbocycles. The molecule has 3 aromatic rings. The molecule has 1 fully saturated rings. The lowest BCUT2D eigenvalue weighted by atomic mass is 10.2. The van der Waals surface area contributed by atoms with Crippen molar-refractivity contribution in [2.75, 3.05) is 31.1 Å². The van der Waals surface area contributed by atoms with Crippen molar-refractivity contribution in [3.05, 3.63) is 71.0 Å². The smallest absolute Gasteiger partial charge is 0.250 e. The molecule has 4 heterocycles. The van der Waals surface area contributed by atoms with Gasteiger partial charge >= 0.3 is 0 Å². The van der Waals surface area contributed by atoms with Gasteiger partial charge in [-0.15, -0.1) is 0 Å². The van der Waals surface area contributed by atoms with Crippen LogP contribution in [0.4, 0.5) is 5.95 Å². The average Bonchev–Trinajstić information content (AvgIpc) is 2.72. The summed E-state index contributed by atoms with van der Waals surface area (Å²) in [6, 6.07) is 9.54. The number of aromatic nitrogens is 4. The lowest BCUT2D eigenvalue weighted by Crippen LogP contribution is -2.46. The molecule has 27 heavy (non-hydrogen) atoms. The zero-order valence-electron chi connectivity index (χ0n) is 15.3. The van der Waals surface area contributed by atoms with Gasteiger partial charge in [-0.25, -0.2) is 9.97 Å². The van der Waals surface area contributed by atoms with Crippen molar-refractivity contribution in [2.24, 2.45) is 7.05 Å². The fourth-order valence-corrected chi connectivity index (χ4v) is 3.23. The maximum Gasteiger partial charge on any atom is 0.250 e. The molecular formula is C20H22N6O. The second kappa shape index (κ2) is 7.67. The van der Waals surface area contributed by atoms with Crippen molar-refractivity contribution < 1.29 is 0 Å². The van der Waals surface area contributed by atoms with Crippen molar-refractivity contribution >= 4 is 5.95 Å². The molecule has 0 bridgehead atoms. The van der Waals surface area contributed by atoms with Crippen LogP contribution in [-0.4, -0.2) is 50.6 Å². The van der Waals surface area contributed by atoms with E-state index in [2.05, 4.69) is 19.8 Å². The lowest BCUT2D eigenvalue weighted by molar-refractivity contribution is 0.248. The Balaban J connectivity index is 1.40. The fourth-order valence-electron chi connectivity index (χ4n) is 3.23. The van der Waals surface area contributed by atoms with E-state index in [9.17, 15) is 4.79 Å². The van der Waals surface area contributed by atoms with Crippen LogP contribution in [0, 0.1) is 0 Å². The Bertz CT molecular complexity index is 963. The third-order valence-corrected chi connectivity index (χ3v) is 4.83. The van der Waals surface area contributed by atoms with E-state index in [1.54, 1.807) is 30.1 Å². The summed E-state index contributed by atoms with van der Waals surface area (Å²) in [5, 5.41) is 0. The summed E-state index contributed by atoms with van der Waals surface area (Å²) >= 11 is 0. The molecule has 1 aliphatic heterocycles. The molecule has 0 aliphatic carbocycles. The quantitative estimate of drug-likeness (QED) is 0.702. The normalized spacial score (nSPS) is 15.1. The highest BCUT2D eigenvalue weighted by Crippen LogP contribution is 2.19. The summed E-state index contributed by atoms with van der Waals surface area (Å²) in [7, 11) is 1.77.